The second-order valence-corrected chi connectivity index (χ2v) is 4.68. The van der Waals surface area contributed by atoms with Crippen molar-refractivity contribution in [3.8, 4) is 0 Å². The molecule has 0 aliphatic carbocycles. The monoisotopic (exact) mass is 223 g/mol. The van der Waals surface area contributed by atoms with E-state index in [1.165, 1.54) is 5.69 Å². The van der Waals surface area contributed by atoms with Gasteiger partial charge in [0.15, 0.2) is 0 Å². The summed E-state index contributed by atoms with van der Waals surface area (Å²) in [5.41, 5.74) is 2.33. The molecule has 0 spiro atoms. The zero-order chi connectivity index (χ0) is 11.5. The zero-order valence-electron chi connectivity index (χ0n) is 10.4. The average molecular weight is 223 g/mol. The van der Waals surface area contributed by atoms with Gasteiger partial charge in [0, 0.05) is 26.2 Å². The van der Waals surface area contributed by atoms with Crippen molar-refractivity contribution >= 4 is 0 Å². The first kappa shape index (κ1) is 11.6. The van der Waals surface area contributed by atoms with Crippen molar-refractivity contribution < 1.29 is 4.74 Å². The molecule has 0 radical (unpaired) electrons. The number of nitrogens with zero attached hydrogens (tertiary/aromatic N) is 2. The summed E-state index contributed by atoms with van der Waals surface area (Å²) in [6, 6.07) is 2.72. The quantitative estimate of drug-likeness (QED) is 0.841. The molecule has 2 atom stereocenters. The van der Waals surface area contributed by atoms with Crippen molar-refractivity contribution in [3.05, 3.63) is 17.5 Å². The Bertz CT molecular complexity index is 348. The number of aromatic nitrogens is 2. The van der Waals surface area contributed by atoms with Crippen LogP contribution in [-0.2, 0) is 18.3 Å². The fourth-order valence-electron chi connectivity index (χ4n) is 2.26. The molecule has 1 saturated heterocycles. The first-order valence-electron chi connectivity index (χ1n) is 5.99. The van der Waals surface area contributed by atoms with Gasteiger partial charge in [-0.1, -0.05) is 0 Å². The highest BCUT2D eigenvalue weighted by molar-refractivity contribution is 5.08. The van der Waals surface area contributed by atoms with Gasteiger partial charge in [-0.2, -0.15) is 5.10 Å². The minimum atomic E-state index is 0.388. The van der Waals surface area contributed by atoms with E-state index in [2.05, 4.69) is 23.4 Å². The van der Waals surface area contributed by atoms with E-state index in [-0.39, 0.29) is 0 Å². The van der Waals surface area contributed by atoms with E-state index >= 15 is 0 Å². The van der Waals surface area contributed by atoms with Gasteiger partial charge < -0.3 is 10.1 Å². The van der Waals surface area contributed by atoms with Crippen LogP contribution < -0.4 is 5.32 Å². The smallest absolute Gasteiger partial charge is 0.0597 e. The first-order valence-corrected chi connectivity index (χ1v) is 5.99. The number of rotatable bonds is 3. The summed E-state index contributed by atoms with van der Waals surface area (Å²) < 4.78 is 7.48. The fourth-order valence-corrected chi connectivity index (χ4v) is 2.26. The lowest BCUT2D eigenvalue weighted by Gasteiger charge is -2.28. The Labute approximate surface area is 97.0 Å². The summed E-state index contributed by atoms with van der Waals surface area (Å²) >= 11 is 0. The minimum Gasteiger partial charge on any atom is -0.378 e. The molecule has 16 heavy (non-hydrogen) atoms. The molecule has 0 bridgehead atoms. The van der Waals surface area contributed by atoms with Crippen molar-refractivity contribution in [1.82, 2.24) is 15.1 Å². The third kappa shape index (κ3) is 2.83. The summed E-state index contributed by atoms with van der Waals surface area (Å²) in [6.45, 7) is 5.94. The van der Waals surface area contributed by atoms with Crippen LogP contribution >= 0.6 is 0 Å². The van der Waals surface area contributed by atoms with Crippen LogP contribution in [0.1, 0.15) is 31.2 Å². The largest absolute Gasteiger partial charge is 0.378 e. The lowest BCUT2D eigenvalue weighted by molar-refractivity contribution is 0.0129. The second kappa shape index (κ2) is 4.97. The zero-order valence-corrected chi connectivity index (χ0v) is 10.4. The van der Waals surface area contributed by atoms with Crippen LogP contribution in [0.3, 0.4) is 0 Å². The van der Waals surface area contributed by atoms with Gasteiger partial charge in [0.2, 0.25) is 0 Å². The molecule has 1 fully saturated rings. The van der Waals surface area contributed by atoms with Crippen molar-refractivity contribution in [3.63, 3.8) is 0 Å². The lowest BCUT2D eigenvalue weighted by Crippen LogP contribution is -2.37. The summed E-state index contributed by atoms with van der Waals surface area (Å²) in [6.07, 6.45) is 2.61. The van der Waals surface area contributed by atoms with Crippen molar-refractivity contribution in [2.45, 2.75) is 45.4 Å². The summed E-state index contributed by atoms with van der Waals surface area (Å²) in [5.74, 6) is 0. The van der Waals surface area contributed by atoms with E-state index < -0.39 is 0 Å². The Morgan fingerprint density at radius 1 is 1.62 bits per heavy atom. The molecular formula is C12H21N3O. The standard InChI is InChI=1S/C12H21N3O/c1-9-6-12(15(3)14-9)8-13-11-4-5-16-10(2)7-11/h6,10-11,13H,4-5,7-8H2,1-3H3. The van der Waals surface area contributed by atoms with Crippen LogP contribution in [-0.4, -0.2) is 28.5 Å². The van der Waals surface area contributed by atoms with Crippen LogP contribution in [0.5, 0.6) is 0 Å². The van der Waals surface area contributed by atoms with E-state index in [0.29, 0.717) is 12.1 Å². The Morgan fingerprint density at radius 2 is 2.44 bits per heavy atom. The van der Waals surface area contributed by atoms with Crippen LogP contribution in [0.25, 0.3) is 0 Å². The molecule has 4 heteroatoms. The Morgan fingerprint density at radius 3 is 3.06 bits per heavy atom. The molecule has 2 heterocycles. The van der Waals surface area contributed by atoms with Gasteiger partial charge in [-0.15, -0.1) is 0 Å². The van der Waals surface area contributed by atoms with Gasteiger partial charge in [-0.25, -0.2) is 0 Å². The van der Waals surface area contributed by atoms with E-state index in [1.54, 1.807) is 0 Å². The number of ether oxygens (including phenoxy) is 1. The number of hydrogen-bond acceptors (Lipinski definition) is 3. The third-order valence-corrected chi connectivity index (χ3v) is 3.16. The van der Waals surface area contributed by atoms with E-state index in [0.717, 1.165) is 31.7 Å². The maximum atomic E-state index is 5.53. The normalized spacial score (nSPS) is 25.9. The summed E-state index contributed by atoms with van der Waals surface area (Å²) in [4.78, 5) is 0. The van der Waals surface area contributed by atoms with E-state index in [4.69, 9.17) is 4.74 Å². The van der Waals surface area contributed by atoms with E-state index in [1.807, 2.05) is 18.7 Å². The van der Waals surface area contributed by atoms with Crippen LogP contribution in [0.4, 0.5) is 0 Å². The Balaban J connectivity index is 1.85. The molecule has 1 aliphatic rings. The third-order valence-electron chi connectivity index (χ3n) is 3.16. The minimum absolute atomic E-state index is 0.388. The predicted molar refractivity (Wildman–Crippen MR) is 63.2 cm³/mol. The maximum absolute atomic E-state index is 5.53. The molecule has 0 saturated carbocycles. The van der Waals surface area contributed by atoms with Crippen molar-refractivity contribution in [1.29, 1.82) is 0 Å². The van der Waals surface area contributed by atoms with Crippen LogP contribution in [0, 0.1) is 6.92 Å². The molecule has 2 rings (SSSR count). The Kier molecular flexibility index (Phi) is 3.61. The predicted octanol–water partition coefficient (Wildman–Crippen LogP) is 1.39. The number of aryl methyl sites for hydroxylation is 2. The van der Waals surface area contributed by atoms with Gasteiger partial charge >= 0.3 is 0 Å². The highest BCUT2D eigenvalue weighted by atomic mass is 16.5. The molecule has 0 aromatic carbocycles. The highest BCUT2D eigenvalue weighted by Crippen LogP contribution is 2.13. The van der Waals surface area contributed by atoms with Crippen molar-refractivity contribution in [2.75, 3.05) is 6.61 Å². The summed E-state index contributed by atoms with van der Waals surface area (Å²) in [7, 11) is 2.00. The van der Waals surface area contributed by atoms with Crippen LogP contribution in [0.15, 0.2) is 6.07 Å². The molecule has 2 unspecified atom stereocenters. The molecule has 1 N–H and O–H groups in total. The number of hydrogen-bond donors (Lipinski definition) is 1. The molecule has 4 nitrogen and oxygen atoms in total. The Hall–Kier alpha value is -0.870. The average Bonchev–Trinajstić information content (AvgIpc) is 2.54. The second-order valence-electron chi connectivity index (χ2n) is 4.68. The SMILES string of the molecule is Cc1cc(CNC2CCOC(C)C2)n(C)n1. The molecule has 0 amide bonds. The summed E-state index contributed by atoms with van der Waals surface area (Å²) in [5, 5.41) is 7.92. The molecule has 1 aromatic heterocycles. The van der Waals surface area contributed by atoms with Crippen molar-refractivity contribution in [2.24, 2.45) is 7.05 Å². The fraction of sp³-hybridized carbons (Fsp3) is 0.750. The number of nitrogens with one attached hydrogen (secondary N) is 1. The van der Waals surface area contributed by atoms with Gasteiger partial charge in [0.25, 0.3) is 0 Å². The molecular weight excluding hydrogens is 202 g/mol. The lowest BCUT2D eigenvalue weighted by atomic mass is 10.0. The molecule has 90 valence electrons. The van der Waals surface area contributed by atoms with Gasteiger partial charge in [-0.3, -0.25) is 4.68 Å². The van der Waals surface area contributed by atoms with Crippen LogP contribution in [0.2, 0.25) is 0 Å². The van der Waals surface area contributed by atoms with Gasteiger partial charge in [-0.05, 0) is 32.8 Å². The first-order chi connectivity index (χ1) is 7.65. The molecule has 1 aromatic rings. The van der Waals surface area contributed by atoms with E-state index in [9.17, 15) is 0 Å². The topological polar surface area (TPSA) is 39.1 Å². The van der Waals surface area contributed by atoms with Gasteiger partial charge in [0.05, 0.1) is 17.5 Å². The molecule has 1 aliphatic heterocycles. The maximum Gasteiger partial charge on any atom is 0.0597 e. The highest BCUT2D eigenvalue weighted by Gasteiger charge is 2.18. The van der Waals surface area contributed by atoms with Gasteiger partial charge in [0.1, 0.15) is 0 Å².